The van der Waals surface area contributed by atoms with Crippen LogP contribution < -0.4 is 14.8 Å². The van der Waals surface area contributed by atoms with Gasteiger partial charge in [-0.25, -0.2) is 21.6 Å². The number of halogens is 1. The van der Waals surface area contributed by atoms with Crippen molar-refractivity contribution in [2.24, 2.45) is 7.05 Å². The Hall–Kier alpha value is -1.78. The Labute approximate surface area is 228 Å². The van der Waals surface area contributed by atoms with Gasteiger partial charge in [-0.15, -0.1) is 0 Å². The van der Waals surface area contributed by atoms with Gasteiger partial charge < -0.3 is 19.9 Å². The monoisotopic (exact) mass is 591 g/mol. The van der Waals surface area contributed by atoms with Gasteiger partial charge in [-0.05, 0) is 45.4 Å². The average Bonchev–Trinajstić information content (AvgIpc) is 3.40. The molecule has 38 heavy (non-hydrogen) atoms. The minimum Gasteiger partial charge on any atom is -0.489 e. The molecule has 1 aromatic heterocycles. The molecule has 212 valence electrons. The number of ether oxygens (including phenoxy) is 2. The molecular formula is C23H34ClN5O7S2. The number of aliphatic hydroxyl groups excluding tert-OH is 1. The van der Waals surface area contributed by atoms with Gasteiger partial charge in [0.1, 0.15) is 33.4 Å². The van der Waals surface area contributed by atoms with Gasteiger partial charge in [-0.1, -0.05) is 23.7 Å². The summed E-state index contributed by atoms with van der Waals surface area (Å²) in [5.74, 6) is 0.161. The van der Waals surface area contributed by atoms with E-state index in [-0.39, 0.29) is 39.9 Å². The van der Waals surface area contributed by atoms with E-state index in [9.17, 15) is 21.9 Å². The molecule has 4 rings (SSSR count). The molecule has 0 radical (unpaired) electrons. The van der Waals surface area contributed by atoms with Gasteiger partial charge in [-0.2, -0.15) is 9.40 Å². The van der Waals surface area contributed by atoms with E-state index < -0.39 is 31.8 Å². The number of nitrogens with zero attached hydrogens (tertiary/aromatic N) is 3. The van der Waals surface area contributed by atoms with Crippen LogP contribution in [0.1, 0.15) is 25.0 Å². The summed E-state index contributed by atoms with van der Waals surface area (Å²) in [5, 5.41) is 17.9. The summed E-state index contributed by atoms with van der Waals surface area (Å²) in [4.78, 5) is 0.0509. The van der Waals surface area contributed by atoms with Crippen molar-refractivity contribution < 1.29 is 31.4 Å². The highest BCUT2D eigenvalue weighted by molar-refractivity contribution is 7.89. The minimum atomic E-state index is -3.77. The Bertz CT molecular complexity index is 1360. The van der Waals surface area contributed by atoms with Crippen LogP contribution >= 0.6 is 11.6 Å². The first kappa shape index (κ1) is 29.2. The molecular weight excluding hydrogens is 558 g/mol. The number of nitrogens with one attached hydrogen (secondary N) is 2. The van der Waals surface area contributed by atoms with E-state index in [1.54, 1.807) is 26.1 Å². The fourth-order valence-electron chi connectivity index (χ4n) is 4.94. The zero-order valence-electron chi connectivity index (χ0n) is 21.6. The van der Waals surface area contributed by atoms with Crippen LogP contribution in [0.2, 0.25) is 5.15 Å². The summed E-state index contributed by atoms with van der Waals surface area (Å²) in [7, 11) is -4.53. The lowest BCUT2D eigenvalue weighted by Gasteiger charge is -2.38. The van der Waals surface area contributed by atoms with E-state index in [4.69, 9.17) is 21.1 Å². The van der Waals surface area contributed by atoms with Crippen molar-refractivity contribution >= 4 is 31.6 Å². The van der Waals surface area contributed by atoms with E-state index in [2.05, 4.69) is 15.1 Å². The second kappa shape index (κ2) is 11.4. The minimum absolute atomic E-state index is 0.00288. The maximum atomic E-state index is 13.2. The van der Waals surface area contributed by atoms with Gasteiger partial charge >= 0.3 is 0 Å². The molecule has 2 atom stereocenters. The third-order valence-electron chi connectivity index (χ3n) is 7.02. The van der Waals surface area contributed by atoms with Gasteiger partial charge in [-0.3, -0.25) is 4.68 Å². The molecule has 2 aromatic rings. The molecule has 0 saturated carbocycles. The molecule has 0 amide bonds. The number of sulfonamides is 2. The summed E-state index contributed by atoms with van der Waals surface area (Å²) in [6, 6.07) is 6.21. The molecule has 0 bridgehead atoms. The van der Waals surface area contributed by atoms with Gasteiger partial charge in [0, 0.05) is 32.7 Å². The second-order valence-electron chi connectivity index (χ2n) is 9.66. The van der Waals surface area contributed by atoms with Crippen molar-refractivity contribution in [1.29, 1.82) is 0 Å². The van der Waals surface area contributed by atoms with Crippen molar-refractivity contribution in [3.8, 4) is 5.75 Å². The number of aromatic nitrogens is 2. The Kier molecular flexibility index (Phi) is 8.74. The summed E-state index contributed by atoms with van der Waals surface area (Å²) in [6.45, 7) is 2.83. The van der Waals surface area contributed by atoms with Crippen molar-refractivity contribution in [3.63, 3.8) is 0 Å². The van der Waals surface area contributed by atoms with E-state index in [0.717, 1.165) is 0 Å². The molecule has 2 aliphatic rings. The van der Waals surface area contributed by atoms with Crippen LogP contribution in [0, 0.1) is 6.92 Å². The summed E-state index contributed by atoms with van der Waals surface area (Å²) >= 11 is 6.21. The standard InChI is InChI=1S/C23H34ClN5O7S2/c1-16-21(22(24)28(3)27-16)38(33,34)29-10-8-23(9-11-29)12-17(14-36-23)26-13-18(30)15-35-19-6-4-5-7-20(19)37(31,32)25-2/h4-7,17-18,25-26,30H,8-15H2,1-3H3/t17?,18-/m0/s1. The van der Waals surface area contributed by atoms with Crippen molar-refractivity contribution in [2.45, 2.75) is 53.7 Å². The zero-order valence-corrected chi connectivity index (χ0v) is 23.9. The number of para-hydroxylation sites is 1. The molecule has 2 saturated heterocycles. The van der Waals surface area contributed by atoms with E-state index >= 15 is 0 Å². The number of hydrogen-bond donors (Lipinski definition) is 3. The van der Waals surface area contributed by atoms with Crippen LogP contribution in [0.4, 0.5) is 0 Å². The lowest BCUT2D eigenvalue weighted by atomic mass is 9.88. The topological polar surface area (TPSA) is 152 Å². The first-order valence-electron chi connectivity index (χ1n) is 12.3. The molecule has 1 unspecified atom stereocenters. The number of rotatable bonds is 10. The van der Waals surface area contributed by atoms with Gasteiger partial charge in [0.25, 0.3) is 0 Å². The van der Waals surface area contributed by atoms with Crippen LogP contribution in [0.3, 0.4) is 0 Å². The van der Waals surface area contributed by atoms with Crippen molar-refractivity contribution in [3.05, 3.63) is 35.1 Å². The number of hydrogen-bond acceptors (Lipinski definition) is 9. The van der Waals surface area contributed by atoms with Crippen LogP contribution in [0.5, 0.6) is 5.75 Å². The van der Waals surface area contributed by atoms with Gasteiger partial charge in [0.2, 0.25) is 20.0 Å². The fourth-order valence-corrected chi connectivity index (χ4v) is 7.96. The zero-order chi connectivity index (χ0) is 27.7. The van der Waals surface area contributed by atoms with E-state index in [1.807, 2.05) is 0 Å². The highest BCUT2D eigenvalue weighted by atomic mass is 35.5. The third kappa shape index (κ3) is 6.02. The lowest BCUT2D eigenvalue weighted by molar-refractivity contribution is -0.0312. The largest absolute Gasteiger partial charge is 0.489 e. The molecule has 1 aromatic carbocycles. The van der Waals surface area contributed by atoms with Crippen LogP contribution in [-0.4, -0.2) is 93.7 Å². The Morgan fingerprint density at radius 1 is 1.26 bits per heavy atom. The maximum Gasteiger partial charge on any atom is 0.248 e. The highest BCUT2D eigenvalue weighted by Gasteiger charge is 2.45. The summed E-state index contributed by atoms with van der Waals surface area (Å²) in [5.41, 5.74) is -0.0619. The van der Waals surface area contributed by atoms with E-state index in [0.29, 0.717) is 44.7 Å². The SMILES string of the molecule is CNS(=O)(=O)c1ccccc1OC[C@@H](O)CNC1COC2(CCN(S(=O)(=O)c3c(C)nn(C)c3Cl)CC2)C1. The summed E-state index contributed by atoms with van der Waals surface area (Å²) in [6.07, 6.45) is 0.897. The number of benzene rings is 1. The van der Waals surface area contributed by atoms with Gasteiger partial charge in [0.15, 0.2) is 0 Å². The average molecular weight is 592 g/mol. The van der Waals surface area contributed by atoms with Crippen LogP contribution in [0.25, 0.3) is 0 Å². The predicted octanol–water partition coefficient (Wildman–Crippen LogP) is 0.632. The van der Waals surface area contributed by atoms with Crippen molar-refractivity contribution in [1.82, 2.24) is 24.1 Å². The molecule has 12 nitrogen and oxygen atoms in total. The van der Waals surface area contributed by atoms with Crippen LogP contribution in [0.15, 0.2) is 34.1 Å². The fraction of sp³-hybridized carbons (Fsp3) is 0.609. The molecule has 2 aliphatic heterocycles. The second-order valence-corrected chi connectivity index (χ2v) is 13.7. The Morgan fingerprint density at radius 3 is 2.58 bits per heavy atom. The third-order valence-corrected chi connectivity index (χ3v) is 11.1. The molecule has 1 spiro atoms. The summed E-state index contributed by atoms with van der Waals surface area (Å²) < 4.78 is 67.5. The Balaban J connectivity index is 1.26. The molecule has 0 aliphatic carbocycles. The number of piperidine rings is 1. The quantitative estimate of drug-likeness (QED) is 0.361. The Morgan fingerprint density at radius 2 is 1.95 bits per heavy atom. The number of aliphatic hydroxyl groups is 1. The smallest absolute Gasteiger partial charge is 0.248 e. The maximum absolute atomic E-state index is 13.2. The molecule has 3 heterocycles. The molecule has 3 N–H and O–H groups in total. The van der Waals surface area contributed by atoms with E-state index in [1.165, 1.54) is 28.2 Å². The lowest BCUT2D eigenvalue weighted by Crippen LogP contribution is -2.47. The molecule has 15 heteroatoms. The van der Waals surface area contributed by atoms with Gasteiger partial charge in [0.05, 0.1) is 17.9 Å². The van der Waals surface area contributed by atoms with Crippen molar-refractivity contribution in [2.75, 3.05) is 39.9 Å². The highest BCUT2D eigenvalue weighted by Crippen LogP contribution is 2.38. The predicted molar refractivity (Wildman–Crippen MR) is 140 cm³/mol. The first-order chi connectivity index (χ1) is 17.9. The first-order valence-corrected chi connectivity index (χ1v) is 15.6. The normalized spacial score (nSPS) is 21.1. The molecule has 2 fully saturated rings. The number of aryl methyl sites for hydroxylation is 2. The van der Waals surface area contributed by atoms with Crippen LogP contribution in [-0.2, 0) is 31.8 Å².